The lowest BCUT2D eigenvalue weighted by Gasteiger charge is -2.39. The fraction of sp³-hybridized carbons (Fsp3) is 0.375. The van der Waals surface area contributed by atoms with Gasteiger partial charge in [-0.1, -0.05) is 36.4 Å². The molecule has 0 saturated carbocycles. The van der Waals surface area contributed by atoms with Gasteiger partial charge in [0.1, 0.15) is 0 Å². The fourth-order valence-electron chi connectivity index (χ4n) is 4.80. The first-order valence-corrected chi connectivity index (χ1v) is 14.3. The van der Waals surface area contributed by atoms with Crippen LogP contribution in [-0.2, 0) is 27.0 Å². The molecule has 5 nitrogen and oxygen atoms in total. The van der Waals surface area contributed by atoms with E-state index in [1.54, 1.807) is 27.0 Å². The van der Waals surface area contributed by atoms with E-state index in [2.05, 4.69) is 22.9 Å². The van der Waals surface area contributed by atoms with Crippen molar-refractivity contribution in [3.63, 3.8) is 0 Å². The first kappa shape index (κ1) is 21.8. The summed E-state index contributed by atoms with van der Waals surface area (Å²) < 4.78 is 27.3. The van der Waals surface area contributed by atoms with Crippen LogP contribution in [0.3, 0.4) is 0 Å². The smallest absolute Gasteiger partial charge is 0.226 e. The highest BCUT2D eigenvalue weighted by molar-refractivity contribution is 7.88. The molecule has 0 radical (unpaired) electrons. The molecule has 32 heavy (non-hydrogen) atoms. The highest BCUT2D eigenvalue weighted by Gasteiger charge is 2.38. The maximum absolute atomic E-state index is 13.6. The number of carbonyl (C=O) groups is 1. The van der Waals surface area contributed by atoms with Gasteiger partial charge in [-0.15, -0.1) is 22.7 Å². The van der Waals surface area contributed by atoms with Crippen molar-refractivity contribution in [2.24, 2.45) is 5.92 Å². The van der Waals surface area contributed by atoms with Crippen molar-refractivity contribution < 1.29 is 13.2 Å². The Morgan fingerprint density at radius 2 is 1.72 bits per heavy atom. The third-order valence-corrected chi connectivity index (χ3v) is 10.2. The van der Waals surface area contributed by atoms with E-state index in [0.29, 0.717) is 25.9 Å². The van der Waals surface area contributed by atoms with Crippen molar-refractivity contribution in [1.82, 2.24) is 9.21 Å². The summed E-state index contributed by atoms with van der Waals surface area (Å²) >= 11 is 3.46. The first-order valence-electron chi connectivity index (χ1n) is 10.9. The van der Waals surface area contributed by atoms with Gasteiger partial charge in [0, 0.05) is 35.3 Å². The standard InChI is InChI=1S/C24H26N2O3S3/c27-24(26-14-10-21-20(11-16-31-21)23(26)22-7-4-15-30-22)19-8-12-25(13-9-19)32(28,29)17-18-5-2-1-3-6-18/h1-7,11,15-16,19,23H,8-10,12-14,17H2. The number of sulfonamides is 1. The molecule has 1 atom stereocenters. The Bertz CT molecular complexity index is 1160. The summed E-state index contributed by atoms with van der Waals surface area (Å²) in [6.45, 7) is 1.54. The molecule has 4 heterocycles. The van der Waals surface area contributed by atoms with E-state index < -0.39 is 10.0 Å². The van der Waals surface area contributed by atoms with E-state index in [4.69, 9.17) is 0 Å². The van der Waals surface area contributed by atoms with Crippen LogP contribution in [0.15, 0.2) is 59.3 Å². The summed E-state index contributed by atoms with van der Waals surface area (Å²) in [5.41, 5.74) is 2.05. The zero-order valence-electron chi connectivity index (χ0n) is 17.7. The van der Waals surface area contributed by atoms with Gasteiger partial charge in [-0.2, -0.15) is 0 Å². The number of rotatable bonds is 5. The second-order valence-corrected chi connectivity index (χ2v) is 12.4. The second-order valence-electron chi connectivity index (χ2n) is 8.41. The number of carbonyl (C=O) groups excluding carboxylic acids is 1. The van der Waals surface area contributed by atoms with E-state index in [1.165, 1.54) is 15.3 Å². The third kappa shape index (κ3) is 4.29. The van der Waals surface area contributed by atoms with Crippen molar-refractivity contribution in [2.45, 2.75) is 31.1 Å². The fourth-order valence-corrected chi connectivity index (χ4v) is 8.12. The largest absolute Gasteiger partial charge is 0.330 e. The summed E-state index contributed by atoms with van der Waals surface area (Å²) in [6, 6.07) is 15.6. The average Bonchev–Trinajstić information content (AvgIpc) is 3.50. The minimum absolute atomic E-state index is 0.0139. The SMILES string of the molecule is O=C(C1CCN(S(=O)(=O)Cc2ccccc2)CC1)N1CCc2sccc2C1c1cccs1. The molecular weight excluding hydrogens is 460 g/mol. The Hall–Kier alpha value is -2.00. The molecule has 2 aliphatic rings. The molecule has 0 bridgehead atoms. The Morgan fingerprint density at radius 3 is 2.44 bits per heavy atom. The van der Waals surface area contributed by atoms with Crippen LogP contribution in [0.25, 0.3) is 0 Å². The molecule has 3 aromatic rings. The molecule has 1 aromatic carbocycles. The van der Waals surface area contributed by atoms with Crippen LogP contribution >= 0.6 is 22.7 Å². The Balaban J connectivity index is 1.28. The zero-order chi connectivity index (χ0) is 22.1. The number of fused-ring (bicyclic) bond motifs is 1. The highest BCUT2D eigenvalue weighted by Crippen LogP contribution is 2.40. The highest BCUT2D eigenvalue weighted by atomic mass is 32.2. The van der Waals surface area contributed by atoms with E-state index >= 15 is 0 Å². The van der Waals surface area contributed by atoms with Gasteiger partial charge in [0.25, 0.3) is 0 Å². The normalized spacial score (nSPS) is 20.2. The van der Waals surface area contributed by atoms with Crippen molar-refractivity contribution in [3.8, 4) is 0 Å². The van der Waals surface area contributed by atoms with Crippen LogP contribution in [0.2, 0.25) is 0 Å². The summed E-state index contributed by atoms with van der Waals surface area (Å²) in [6.07, 6.45) is 2.05. The molecule has 0 N–H and O–H groups in total. The molecule has 5 rings (SSSR count). The van der Waals surface area contributed by atoms with E-state index in [9.17, 15) is 13.2 Å². The number of hydrogen-bond acceptors (Lipinski definition) is 5. The van der Waals surface area contributed by atoms with Gasteiger partial charge >= 0.3 is 0 Å². The zero-order valence-corrected chi connectivity index (χ0v) is 20.2. The Kier molecular flexibility index (Phi) is 6.20. The number of amides is 1. The predicted octanol–water partition coefficient (Wildman–Crippen LogP) is 4.53. The average molecular weight is 487 g/mol. The molecule has 1 fully saturated rings. The number of hydrogen-bond donors (Lipinski definition) is 0. The minimum Gasteiger partial charge on any atom is -0.330 e. The second kappa shape index (κ2) is 9.09. The maximum atomic E-state index is 13.6. The topological polar surface area (TPSA) is 57.7 Å². The summed E-state index contributed by atoms with van der Waals surface area (Å²) in [5.74, 6) is 0.0566. The maximum Gasteiger partial charge on any atom is 0.226 e. The molecule has 0 aliphatic carbocycles. The number of piperidine rings is 1. The molecule has 1 amide bonds. The Morgan fingerprint density at radius 1 is 0.938 bits per heavy atom. The molecule has 2 aliphatic heterocycles. The van der Waals surface area contributed by atoms with Crippen LogP contribution in [0.1, 0.15) is 39.8 Å². The van der Waals surface area contributed by atoms with Gasteiger partial charge in [-0.3, -0.25) is 4.79 Å². The molecule has 0 spiro atoms. The lowest BCUT2D eigenvalue weighted by Crippen LogP contribution is -2.47. The number of thiophene rings is 2. The summed E-state index contributed by atoms with van der Waals surface area (Å²) in [4.78, 5) is 18.2. The van der Waals surface area contributed by atoms with E-state index in [0.717, 1.165) is 18.5 Å². The lowest BCUT2D eigenvalue weighted by atomic mass is 9.92. The van der Waals surface area contributed by atoms with Crippen LogP contribution < -0.4 is 0 Å². The molecule has 8 heteroatoms. The van der Waals surface area contributed by atoms with Crippen LogP contribution in [0.4, 0.5) is 0 Å². The van der Waals surface area contributed by atoms with E-state index in [-0.39, 0.29) is 23.6 Å². The number of nitrogens with zero attached hydrogens (tertiary/aromatic N) is 2. The Labute approximate surface area is 197 Å². The van der Waals surface area contributed by atoms with Crippen molar-refractivity contribution in [1.29, 1.82) is 0 Å². The van der Waals surface area contributed by atoms with Crippen molar-refractivity contribution in [3.05, 3.63) is 80.2 Å². The van der Waals surface area contributed by atoms with Crippen LogP contribution in [0.5, 0.6) is 0 Å². The van der Waals surface area contributed by atoms with Crippen LogP contribution in [0, 0.1) is 5.92 Å². The quantitative estimate of drug-likeness (QED) is 0.533. The van der Waals surface area contributed by atoms with Gasteiger partial charge in [0.05, 0.1) is 11.8 Å². The third-order valence-electron chi connectivity index (χ3n) is 6.45. The molecule has 1 saturated heterocycles. The van der Waals surface area contributed by atoms with Gasteiger partial charge in [0.15, 0.2) is 0 Å². The van der Waals surface area contributed by atoms with E-state index in [1.807, 2.05) is 41.3 Å². The van der Waals surface area contributed by atoms with Gasteiger partial charge in [-0.05, 0) is 53.3 Å². The van der Waals surface area contributed by atoms with Gasteiger partial charge in [-0.25, -0.2) is 12.7 Å². The summed E-state index contributed by atoms with van der Waals surface area (Å²) in [7, 11) is -3.38. The van der Waals surface area contributed by atoms with Crippen molar-refractivity contribution in [2.75, 3.05) is 19.6 Å². The molecule has 2 aromatic heterocycles. The molecule has 1 unspecified atom stereocenters. The van der Waals surface area contributed by atoms with Crippen molar-refractivity contribution >= 4 is 38.6 Å². The number of benzene rings is 1. The summed E-state index contributed by atoms with van der Waals surface area (Å²) in [5, 5.41) is 4.18. The first-order chi connectivity index (χ1) is 15.5. The lowest BCUT2D eigenvalue weighted by molar-refractivity contribution is -0.138. The van der Waals surface area contributed by atoms with Gasteiger partial charge < -0.3 is 4.90 Å². The molecular formula is C24H26N2O3S3. The van der Waals surface area contributed by atoms with Gasteiger partial charge in [0.2, 0.25) is 15.9 Å². The monoisotopic (exact) mass is 486 g/mol. The minimum atomic E-state index is -3.38. The molecule has 168 valence electrons. The predicted molar refractivity (Wildman–Crippen MR) is 129 cm³/mol. The van der Waals surface area contributed by atoms with Crippen LogP contribution in [-0.4, -0.2) is 43.2 Å².